The van der Waals surface area contributed by atoms with Crippen LogP contribution in [0, 0.1) is 24.0 Å². The summed E-state index contributed by atoms with van der Waals surface area (Å²) in [5.41, 5.74) is -1.60. The second-order valence-electron chi connectivity index (χ2n) is 5.69. The van der Waals surface area contributed by atoms with Crippen molar-refractivity contribution in [3.63, 3.8) is 0 Å². The monoisotopic (exact) mass is 297 g/mol. The van der Waals surface area contributed by atoms with Crippen LogP contribution >= 0.6 is 0 Å². The number of hydrogen-bond acceptors (Lipinski definition) is 2. The second kappa shape index (κ2) is 5.42. The smallest absolute Gasteiger partial charge is 0.311 e. The van der Waals surface area contributed by atoms with Gasteiger partial charge < -0.3 is 10.4 Å². The van der Waals surface area contributed by atoms with Crippen LogP contribution in [0.4, 0.5) is 8.78 Å². The first-order chi connectivity index (χ1) is 9.77. The lowest BCUT2D eigenvalue weighted by Crippen LogP contribution is -2.47. The molecule has 1 amide bonds. The molecule has 114 valence electrons. The van der Waals surface area contributed by atoms with Crippen molar-refractivity contribution in [2.45, 2.75) is 39.2 Å². The van der Waals surface area contributed by atoms with Crippen LogP contribution in [-0.4, -0.2) is 23.0 Å². The zero-order valence-corrected chi connectivity index (χ0v) is 11.9. The van der Waals surface area contributed by atoms with Gasteiger partial charge in [-0.05, 0) is 38.3 Å². The summed E-state index contributed by atoms with van der Waals surface area (Å²) in [6.45, 7) is 2.97. The predicted molar refractivity (Wildman–Crippen MR) is 71.9 cm³/mol. The van der Waals surface area contributed by atoms with Gasteiger partial charge in [0.1, 0.15) is 17.2 Å². The molecule has 1 aromatic rings. The van der Waals surface area contributed by atoms with Gasteiger partial charge in [-0.3, -0.25) is 9.59 Å². The van der Waals surface area contributed by atoms with Crippen LogP contribution in [0.1, 0.15) is 42.1 Å². The maximum atomic E-state index is 13.9. The highest BCUT2D eigenvalue weighted by Gasteiger charge is 2.46. The summed E-state index contributed by atoms with van der Waals surface area (Å²) in [4.78, 5) is 23.5. The molecule has 1 fully saturated rings. The zero-order valence-electron chi connectivity index (χ0n) is 11.9. The number of aryl methyl sites for hydroxylation is 1. The molecular weight excluding hydrogens is 280 g/mol. The molecule has 4 nitrogen and oxygen atoms in total. The number of carboxylic acid groups (broad SMARTS) is 1. The Morgan fingerprint density at radius 3 is 2.67 bits per heavy atom. The number of nitrogens with one attached hydrogen (secondary N) is 1. The SMILES string of the molecule is Cc1ccc(F)c(C(=O)NC2CCCC2(C)C(=O)O)c1F. The minimum absolute atomic E-state index is 0.161. The number of hydrogen-bond donors (Lipinski definition) is 2. The Balaban J connectivity index is 2.27. The number of rotatable bonds is 3. The summed E-state index contributed by atoms with van der Waals surface area (Å²) in [6, 6.07) is 1.64. The van der Waals surface area contributed by atoms with Gasteiger partial charge in [0.25, 0.3) is 5.91 Å². The van der Waals surface area contributed by atoms with Crippen LogP contribution in [0.2, 0.25) is 0 Å². The summed E-state index contributed by atoms with van der Waals surface area (Å²) in [6.07, 6.45) is 1.54. The van der Waals surface area contributed by atoms with Crippen LogP contribution < -0.4 is 5.32 Å². The highest BCUT2D eigenvalue weighted by Crippen LogP contribution is 2.38. The largest absolute Gasteiger partial charge is 0.481 e. The molecule has 0 aliphatic heterocycles. The Kier molecular flexibility index (Phi) is 3.98. The molecule has 1 saturated carbocycles. The third kappa shape index (κ3) is 2.62. The molecule has 21 heavy (non-hydrogen) atoms. The number of carbonyl (C=O) groups excluding carboxylic acids is 1. The number of aliphatic carboxylic acids is 1. The fourth-order valence-corrected chi connectivity index (χ4v) is 2.75. The molecule has 0 saturated heterocycles. The van der Waals surface area contributed by atoms with Gasteiger partial charge in [-0.25, -0.2) is 8.78 Å². The van der Waals surface area contributed by atoms with Gasteiger partial charge in [0, 0.05) is 6.04 Å². The van der Waals surface area contributed by atoms with E-state index in [1.54, 1.807) is 0 Å². The molecule has 0 radical (unpaired) electrons. The number of amides is 1. The standard InChI is InChI=1S/C15H17F2NO3/c1-8-5-6-9(16)11(12(8)17)13(19)18-10-4-3-7-15(10,2)14(20)21/h5-6,10H,3-4,7H2,1-2H3,(H,18,19)(H,20,21). The molecule has 2 atom stereocenters. The molecule has 0 spiro atoms. The minimum Gasteiger partial charge on any atom is -0.481 e. The van der Waals surface area contributed by atoms with E-state index in [1.807, 2.05) is 0 Å². The Hall–Kier alpha value is -1.98. The molecular formula is C15H17F2NO3. The lowest BCUT2D eigenvalue weighted by Gasteiger charge is -2.27. The Labute approximate surface area is 121 Å². The van der Waals surface area contributed by atoms with Gasteiger partial charge in [0.15, 0.2) is 0 Å². The first kappa shape index (κ1) is 15.4. The van der Waals surface area contributed by atoms with Crippen molar-refractivity contribution in [1.29, 1.82) is 0 Å². The van der Waals surface area contributed by atoms with Crippen molar-refractivity contribution < 1.29 is 23.5 Å². The van der Waals surface area contributed by atoms with E-state index in [9.17, 15) is 23.5 Å². The Morgan fingerprint density at radius 2 is 2.05 bits per heavy atom. The van der Waals surface area contributed by atoms with Crippen molar-refractivity contribution in [3.8, 4) is 0 Å². The second-order valence-corrected chi connectivity index (χ2v) is 5.69. The van der Waals surface area contributed by atoms with Crippen LogP contribution in [0.3, 0.4) is 0 Å². The average Bonchev–Trinajstić information content (AvgIpc) is 2.77. The first-order valence-electron chi connectivity index (χ1n) is 6.76. The normalized spacial score (nSPS) is 24.9. The molecule has 0 bridgehead atoms. The van der Waals surface area contributed by atoms with Crippen molar-refractivity contribution in [1.82, 2.24) is 5.32 Å². The third-order valence-corrected chi connectivity index (χ3v) is 4.26. The molecule has 6 heteroatoms. The van der Waals surface area contributed by atoms with E-state index in [4.69, 9.17) is 0 Å². The van der Waals surface area contributed by atoms with Crippen molar-refractivity contribution in [2.24, 2.45) is 5.41 Å². The molecule has 0 aromatic heterocycles. The van der Waals surface area contributed by atoms with Gasteiger partial charge >= 0.3 is 5.97 Å². The summed E-state index contributed by atoms with van der Waals surface area (Å²) >= 11 is 0. The van der Waals surface area contributed by atoms with E-state index >= 15 is 0 Å². The lowest BCUT2D eigenvalue weighted by atomic mass is 9.85. The maximum absolute atomic E-state index is 13.9. The quantitative estimate of drug-likeness (QED) is 0.901. The maximum Gasteiger partial charge on any atom is 0.311 e. The van der Waals surface area contributed by atoms with Gasteiger partial charge in [0.2, 0.25) is 0 Å². The zero-order chi connectivity index (χ0) is 15.8. The van der Waals surface area contributed by atoms with Crippen LogP contribution in [0.5, 0.6) is 0 Å². The van der Waals surface area contributed by atoms with E-state index in [-0.39, 0.29) is 5.56 Å². The minimum atomic E-state index is -1.10. The van der Waals surface area contributed by atoms with Gasteiger partial charge in [-0.15, -0.1) is 0 Å². The summed E-state index contributed by atoms with van der Waals surface area (Å²) < 4.78 is 27.6. The van der Waals surface area contributed by atoms with Crippen LogP contribution in [0.15, 0.2) is 12.1 Å². The van der Waals surface area contributed by atoms with E-state index in [0.29, 0.717) is 19.3 Å². The Morgan fingerprint density at radius 1 is 1.38 bits per heavy atom. The van der Waals surface area contributed by atoms with Gasteiger partial charge in [0.05, 0.1) is 5.41 Å². The fraction of sp³-hybridized carbons (Fsp3) is 0.467. The summed E-state index contributed by atoms with van der Waals surface area (Å²) in [5, 5.41) is 11.8. The lowest BCUT2D eigenvalue weighted by molar-refractivity contribution is -0.148. The first-order valence-corrected chi connectivity index (χ1v) is 6.76. The Bertz CT molecular complexity index is 603. The van der Waals surface area contributed by atoms with Crippen LogP contribution in [0.25, 0.3) is 0 Å². The number of carboxylic acids is 1. The highest BCUT2D eigenvalue weighted by atomic mass is 19.1. The fourth-order valence-electron chi connectivity index (χ4n) is 2.75. The molecule has 1 aliphatic rings. The predicted octanol–water partition coefficient (Wildman–Crippen LogP) is 2.65. The molecule has 1 aromatic carbocycles. The molecule has 0 heterocycles. The number of carbonyl (C=O) groups is 2. The topological polar surface area (TPSA) is 66.4 Å². The summed E-state index contributed by atoms with van der Waals surface area (Å²) in [5.74, 6) is -3.79. The third-order valence-electron chi connectivity index (χ3n) is 4.26. The van der Waals surface area contributed by atoms with E-state index < -0.39 is 40.5 Å². The highest BCUT2D eigenvalue weighted by molar-refractivity contribution is 5.95. The van der Waals surface area contributed by atoms with E-state index in [0.717, 1.165) is 6.07 Å². The molecule has 2 unspecified atom stereocenters. The molecule has 1 aliphatic carbocycles. The van der Waals surface area contributed by atoms with Crippen molar-refractivity contribution in [3.05, 3.63) is 34.9 Å². The molecule has 2 rings (SSSR count). The number of halogens is 2. The van der Waals surface area contributed by atoms with Gasteiger partial charge in [-0.2, -0.15) is 0 Å². The van der Waals surface area contributed by atoms with E-state index in [1.165, 1.54) is 19.9 Å². The van der Waals surface area contributed by atoms with E-state index in [2.05, 4.69) is 5.32 Å². The van der Waals surface area contributed by atoms with Crippen molar-refractivity contribution in [2.75, 3.05) is 0 Å². The average molecular weight is 297 g/mol. The van der Waals surface area contributed by atoms with Gasteiger partial charge in [-0.1, -0.05) is 12.5 Å². The van der Waals surface area contributed by atoms with Crippen molar-refractivity contribution >= 4 is 11.9 Å². The summed E-state index contributed by atoms with van der Waals surface area (Å²) in [7, 11) is 0. The molecule has 2 N–H and O–H groups in total. The number of benzene rings is 1. The van der Waals surface area contributed by atoms with Crippen LogP contribution in [-0.2, 0) is 4.79 Å².